The molecule has 0 fully saturated rings. The van der Waals surface area contributed by atoms with E-state index in [1.54, 1.807) is 12.1 Å². The third-order valence-electron chi connectivity index (χ3n) is 3.50. The lowest BCUT2D eigenvalue weighted by Crippen LogP contribution is -1.92. The van der Waals surface area contributed by atoms with Gasteiger partial charge in [-0.25, -0.2) is 0 Å². The molecule has 9 heteroatoms. The Balaban J connectivity index is 1.85. The minimum absolute atomic E-state index is 0.00436. The van der Waals surface area contributed by atoms with Gasteiger partial charge in [0.25, 0.3) is 11.4 Å². The SMILES string of the molecule is O=[N+]([O-])c1ccc(Oc2cccc(O)c2Oc2ccc([N+](=O)[O-])cc2)cc1. The van der Waals surface area contributed by atoms with Crippen LogP contribution in [-0.2, 0) is 0 Å². The Kier molecular flexibility index (Phi) is 4.84. The molecule has 0 bridgehead atoms. The third kappa shape index (κ3) is 4.10. The smallest absolute Gasteiger partial charge is 0.269 e. The Bertz CT molecular complexity index is 986. The highest BCUT2D eigenvalue weighted by atomic mass is 16.6. The van der Waals surface area contributed by atoms with Crippen LogP contribution >= 0.6 is 0 Å². The van der Waals surface area contributed by atoms with Crippen molar-refractivity contribution in [3.05, 3.63) is 87.0 Å². The van der Waals surface area contributed by atoms with Gasteiger partial charge in [0, 0.05) is 24.3 Å². The van der Waals surface area contributed by atoms with Crippen LogP contribution in [0.15, 0.2) is 66.7 Å². The monoisotopic (exact) mass is 368 g/mol. The second-order valence-electron chi connectivity index (χ2n) is 5.31. The molecule has 0 aliphatic carbocycles. The molecule has 0 atom stereocenters. The molecule has 0 radical (unpaired) electrons. The zero-order valence-electron chi connectivity index (χ0n) is 13.6. The molecule has 0 aliphatic heterocycles. The molecule has 27 heavy (non-hydrogen) atoms. The zero-order valence-corrected chi connectivity index (χ0v) is 13.6. The quantitative estimate of drug-likeness (QED) is 0.489. The van der Waals surface area contributed by atoms with E-state index < -0.39 is 9.85 Å². The van der Waals surface area contributed by atoms with Crippen LogP contribution in [0.4, 0.5) is 11.4 Å². The second-order valence-corrected chi connectivity index (χ2v) is 5.31. The van der Waals surface area contributed by atoms with Crippen LogP contribution in [0, 0.1) is 20.2 Å². The first-order chi connectivity index (χ1) is 12.9. The number of aromatic hydroxyl groups is 1. The van der Waals surface area contributed by atoms with Crippen molar-refractivity contribution in [2.45, 2.75) is 0 Å². The molecule has 0 saturated heterocycles. The van der Waals surface area contributed by atoms with E-state index in [-0.39, 0.29) is 34.4 Å². The molecule has 3 aromatic carbocycles. The van der Waals surface area contributed by atoms with E-state index in [4.69, 9.17) is 9.47 Å². The fraction of sp³-hybridized carbons (Fsp3) is 0. The van der Waals surface area contributed by atoms with Crippen LogP contribution in [0.25, 0.3) is 0 Å². The second kappa shape index (κ2) is 7.40. The summed E-state index contributed by atoms with van der Waals surface area (Å²) in [5.74, 6) is 0.537. The van der Waals surface area contributed by atoms with Gasteiger partial charge in [-0.1, -0.05) is 6.07 Å². The van der Waals surface area contributed by atoms with Crippen LogP contribution in [0.3, 0.4) is 0 Å². The first-order valence-electron chi connectivity index (χ1n) is 7.60. The van der Waals surface area contributed by atoms with Gasteiger partial charge in [0.05, 0.1) is 9.85 Å². The predicted octanol–water partition coefficient (Wildman–Crippen LogP) is 4.79. The van der Waals surface area contributed by atoms with Gasteiger partial charge in [0.2, 0.25) is 5.75 Å². The number of hydrogen-bond donors (Lipinski definition) is 1. The lowest BCUT2D eigenvalue weighted by atomic mass is 10.2. The fourth-order valence-electron chi connectivity index (χ4n) is 2.20. The fourth-order valence-corrected chi connectivity index (χ4v) is 2.20. The average molecular weight is 368 g/mol. The van der Waals surface area contributed by atoms with E-state index >= 15 is 0 Å². The van der Waals surface area contributed by atoms with Gasteiger partial charge in [0.1, 0.15) is 11.5 Å². The number of ether oxygens (including phenoxy) is 2. The van der Waals surface area contributed by atoms with Crippen LogP contribution in [-0.4, -0.2) is 15.0 Å². The third-order valence-corrected chi connectivity index (χ3v) is 3.50. The van der Waals surface area contributed by atoms with Gasteiger partial charge in [0.15, 0.2) is 11.5 Å². The van der Waals surface area contributed by atoms with Crippen LogP contribution in [0.2, 0.25) is 0 Å². The number of non-ortho nitro benzene ring substituents is 2. The number of nitro benzene ring substituents is 2. The maximum atomic E-state index is 10.7. The number of nitro groups is 2. The largest absolute Gasteiger partial charge is 0.504 e. The highest BCUT2D eigenvalue weighted by molar-refractivity contribution is 5.54. The summed E-state index contributed by atoms with van der Waals surface area (Å²) in [5, 5.41) is 31.5. The number of hydrogen-bond acceptors (Lipinski definition) is 7. The number of phenolic OH excluding ortho intramolecular Hbond substituents is 1. The van der Waals surface area contributed by atoms with Crippen molar-refractivity contribution in [3.63, 3.8) is 0 Å². The number of nitrogens with zero attached hydrogens (tertiary/aromatic N) is 2. The molecule has 0 heterocycles. The number of para-hydroxylation sites is 1. The molecule has 0 aliphatic rings. The summed E-state index contributed by atoms with van der Waals surface area (Å²) in [7, 11) is 0. The molecule has 3 aromatic rings. The molecule has 0 unspecified atom stereocenters. The van der Waals surface area contributed by atoms with Crippen molar-refractivity contribution in [2.24, 2.45) is 0 Å². The van der Waals surface area contributed by atoms with E-state index in [1.165, 1.54) is 54.6 Å². The van der Waals surface area contributed by atoms with Crippen molar-refractivity contribution in [3.8, 4) is 28.7 Å². The zero-order chi connectivity index (χ0) is 19.4. The Hall–Kier alpha value is -4.14. The highest BCUT2D eigenvalue weighted by Crippen LogP contribution is 2.41. The predicted molar refractivity (Wildman–Crippen MR) is 94.4 cm³/mol. The Labute approximate surface area is 152 Å². The van der Waals surface area contributed by atoms with Crippen molar-refractivity contribution in [2.75, 3.05) is 0 Å². The molecule has 0 amide bonds. The van der Waals surface area contributed by atoms with E-state index in [0.717, 1.165) is 0 Å². The summed E-state index contributed by atoms with van der Waals surface area (Å²) in [6, 6.07) is 15.2. The molecule has 3 rings (SSSR count). The first kappa shape index (κ1) is 17.7. The standard InChI is InChI=1S/C18H12N2O7/c21-16-2-1-3-17(26-14-8-4-12(5-9-14)19(22)23)18(16)27-15-10-6-13(7-11-15)20(24)25/h1-11,21H. The van der Waals surface area contributed by atoms with Gasteiger partial charge < -0.3 is 14.6 Å². The molecule has 0 spiro atoms. The number of rotatable bonds is 6. The molecular weight excluding hydrogens is 356 g/mol. The van der Waals surface area contributed by atoms with Crippen LogP contribution < -0.4 is 9.47 Å². The Morgan fingerprint density at radius 3 is 1.67 bits per heavy atom. The van der Waals surface area contributed by atoms with Crippen LogP contribution in [0.1, 0.15) is 0 Å². The molecular formula is C18H12N2O7. The van der Waals surface area contributed by atoms with Crippen molar-refractivity contribution < 1.29 is 24.4 Å². The van der Waals surface area contributed by atoms with Crippen LogP contribution in [0.5, 0.6) is 28.7 Å². The minimum Gasteiger partial charge on any atom is -0.504 e. The molecule has 9 nitrogen and oxygen atoms in total. The van der Waals surface area contributed by atoms with E-state index in [2.05, 4.69) is 0 Å². The molecule has 1 N–H and O–H groups in total. The lowest BCUT2D eigenvalue weighted by Gasteiger charge is -2.13. The summed E-state index contributed by atoms with van der Waals surface area (Å²) >= 11 is 0. The van der Waals surface area contributed by atoms with E-state index in [0.29, 0.717) is 5.75 Å². The summed E-state index contributed by atoms with van der Waals surface area (Å²) in [5.41, 5.74) is -0.178. The molecule has 0 aromatic heterocycles. The summed E-state index contributed by atoms with van der Waals surface area (Å²) in [4.78, 5) is 20.4. The Morgan fingerprint density at radius 1 is 0.704 bits per heavy atom. The number of benzene rings is 3. The van der Waals surface area contributed by atoms with E-state index in [9.17, 15) is 25.3 Å². The lowest BCUT2D eigenvalue weighted by molar-refractivity contribution is -0.385. The van der Waals surface area contributed by atoms with Gasteiger partial charge >= 0.3 is 0 Å². The first-order valence-corrected chi connectivity index (χ1v) is 7.60. The normalized spacial score (nSPS) is 10.2. The van der Waals surface area contributed by atoms with E-state index in [1.807, 2.05) is 0 Å². The van der Waals surface area contributed by atoms with Gasteiger partial charge in [-0.05, 0) is 36.4 Å². The van der Waals surface area contributed by atoms with Crippen molar-refractivity contribution >= 4 is 11.4 Å². The highest BCUT2D eigenvalue weighted by Gasteiger charge is 2.14. The maximum Gasteiger partial charge on any atom is 0.269 e. The van der Waals surface area contributed by atoms with Gasteiger partial charge in [-0.15, -0.1) is 0 Å². The number of phenols is 1. The summed E-state index contributed by atoms with van der Waals surface area (Å²) < 4.78 is 11.2. The summed E-state index contributed by atoms with van der Waals surface area (Å²) in [6.45, 7) is 0. The minimum atomic E-state index is -0.535. The average Bonchev–Trinajstić information content (AvgIpc) is 2.65. The molecule has 0 saturated carbocycles. The van der Waals surface area contributed by atoms with Crippen molar-refractivity contribution in [1.82, 2.24) is 0 Å². The van der Waals surface area contributed by atoms with Gasteiger partial charge in [-0.2, -0.15) is 0 Å². The Morgan fingerprint density at radius 2 is 1.19 bits per heavy atom. The van der Waals surface area contributed by atoms with Gasteiger partial charge in [-0.3, -0.25) is 20.2 Å². The maximum absolute atomic E-state index is 10.7. The summed E-state index contributed by atoms with van der Waals surface area (Å²) in [6.07, 6.45) is 0. The van der Waals surface area contributed by atoms with Crippen molar-refractivity contribution in [1.29, 1.82) is 0 Å². The molecule has 136 valence electrons. The topological polar surface area (TPSA) is 125 Å².